The maximum atomic E-state index is 11.4. The summed E-state index contributed by atoms with van der Waals surface area (Å²) in [4.78, 5) is 15.9. The van der Waals surface area contributed by atoms with Gasteiger partial charge in [0.15, 0.2) is 0 Å². The zero-order valence-corrected chi connectivity index (χ0v) is 11.2. The van der Waals surface area contributed by atoms with Crippen molar-refractivity contribution in [3.05, 3.63) is 29.6 Å². The Hall–Kier alpha value is -1.55. The fourth-order valence-corrected chi connectivity index (χ4v) is 2.24. The SMILES string of the molecule is Cc1ccc2nc(CCCl)n(C(C)C(N)=O)c2c1. The van der Waals surface area contributed by atoms with E-state index in [1.807, 2.05) is 29.7 Å². The number of alkyl halides is 1. The van der Waals surface area contributed by atoms with Gasteiger partial charge in [-0.1, -0.05) is 6.07 Å². The topological polar surface area (TPSA) is 60.9 Å². The Morgan fingerprint density at radius 3 is 2.89 bits per heavy atom. The summed E-state index contributed by atoms with van der Waals surface area (Å²) in [5.41, 5.74) is 8.32. The monoisotopic (exact) mass is 265 g/mol. The van der Waals surface area contributed by atoms with Gasteiger partial charge in [-0.05, 0) is 31.5 Å². The fourth-order valence-electron chi connectivity index (χ4n) is 2.07. The molecule has 96 valence electrons. The summed E-state index contributed by atoms with van der Waals surface area (Å²) in [6.45, 7) is 3.79. The molecule has 4 nitrogen and oxygen atoms in total. The predicted octanol–water partition coefficient (Wildman–Crippen LogP) is 2.17. The number of nitrogens with two attached hydrogens (primary N) is 1. The fraction of sp³-hybridized carbons (Fsp3) is 0.385. The van der Waals surface area contributed by atoms with Crippen LogP contribution in [0.2, 0.25) is 0 Å². The molecule has 2 aromatic rings. The van der Waals surface area contributed by atoms with Crippen molar-refractivity contribution in [2.45, 2.75) is 26.3 Å². The first-order valence-electron chi connectivity index (χ1n) is 5.87. The van der Waals surface area contributed by atoms with Crippen LogP contribution in [0, 0.1) is 6.92 Å². The average molecular weight is 266 g/mol. The normalized spacial score (nSPS) is 12.8. The van der Waals surface area contributed by atoms with Gasteiger partial charge in [0, 0.05) is 12.3 Å². The standard InChI is InChI=1S/C13H16ClN3O/c1-8-3-4-10-11(7-8)17(9(2)13(15)18)12(16-10)5-6-14/h3-4,7,9H,5-6H2,1-2H3,(H2,15,18). The molecule has 18 heavy (non-hydrogen) atoms. The molecular formula is C13H16ClN3O. The van der Waals surface area contributed by atoms with E-state index in [0.29, 0.717) is 12.3 Å². The molecule has 0 aliphatic rings. The van der Waals surface area contributed by atoms with Crippen LogP contribution in [0.5, 0.6) is 0 Å². The molecule has 1 unspecified atom stereocenters. The van der Waals surface area contributed by atoms with E-state index in [4.69, 9.17) is 17.3 Å². The number of nitrogens with zero attached hydrogens (tertiary/aromatic N) is 2. The van der Waals surface area contributed by atoms with E-state index in [0.717, 1.165) is 22.4 Å². The number of carbonyl (C=O) groups is 1. The molecule has 0 saturated heterocycles. The minimum absolute atomic E-state index is 0.369. The summed E-state index contributed by atoms with van der Waals surface area (Å²) in [5, 5.41) is 0. The van der Waals surface area contributed by atoms with Crippen molar-refractivity contribution in [3.63, 3.8) is 0 Å². The number of halogens is 1. The Labute approximate surface area is 111 Å². The maximum Gasteiger partial charge on any atom is 0.240 e. The van der Waals surface area contributed by atoms with Gasteiger partial charge >= 0.3 is 0 Å². The maximum absolute atomic E-state index is 11.4. The molecule has 0 aliphatic carbocycles. The number of rotatable bonds is 4. The number of primary amides is 1. The number of benzene rings is 1. The predicted molar refractivity (Wildman–Crippen MR) is 72.8 cm³/mol. The third-order valence-corrected chi connectivity index (χ3v) is 3.22. The highest BCUT2D eigenvalue weighted by Gasteiger charge is 2.19. The Kier molecular flexibility index (Phi) is 3.57. The first kappa shape index (κ1) is 12.9. The van der Waals surface area contributed by atoms with E-state index >= 15 is 0 Å². The van der Waals surface area contributed by atoms with Gasteiger partial charge in [0.25, 0.3) is 0 Å². The van der Waals surface area contributed by atoms with Crippen molar-refractivity contribution in [2.24, 2.45) is 5.73 Å². The zero-order chi connectivity index (χ0) is 13.3. The number of aromatic nitrogens is 2. The van der Waals surface area contributed by atoms with Crippen LogP contribution in [0.1, 0.15) is 24.4 Å². The lowest BCUT2D eigenvalue weighted by atomic mass is 10.2. The van der Waals surface area contributed by atoms with Crippen LogP contribution in [0.3, 0.4) is 0 Å². The number of aryl methyl sites for hydroxylation is 2. The summed E-state index contributed by atoms with van der Waals surface area (Å²) in [7, 11) is 0. The number of hydrogen-bond acceptors (Lipinski definition) is 2. The molecule has 5 heteroatoms. The molecule has 0 aliphatic heterocycles. The van der Waals surface area contributed by atoms with Crippen LogP contribution in [0.15, 0.2) is 18.2 Å². The number of carbonyl (C=O) groups excluding carboxylic acids is 1. The molecular weight excluding hydrogens is 250 g/mol. The molecule has 0 saturated carbocycles. The van der Waals surface area contributed by atoms with E-state index < -0.39 is 6.04 Å². The Balaban J connectivity index is 2.67. The molecule has 1 atom stereocenters. The summed E-state index contributed by atoms with van der Waals surface area (Å²) in [6.07, 6.45) is 0.618. The largest absolute Gasteiger partial charge is 0.368 e. The van der Waals surface area contributed by atoms with Gasteiger partial charge in [-0.3, -0.25) is 4.79 Å². The molecule has 2 rings (SSSR count). The van der Waals surface area contributed by atoms with Crippen LogP contribution in [0.4, 0.5) is 0 Å². The second kappa shape index (κ2) is 4.98. The lowest BCUT2D eigenvalue weighted by molar-refractivity contribution is -0.120. The minimum Gasteiger partial charge on any atom is -0.368 e. The molecule has 1 amide bonds. The smallest absolute Gasteiger partial charge is 0.240 e. The first-order valence-corrected chi connectivity index (χ1v) is 6.40. The molecule has 1 heterocycles. The third-order valence-electron chi connectivity index (χ3n) is 3.04. The second-order valence-electron chi connectivity index (χ2n) is 4.41. The number of amides is 1. The molecule has 1 aromatic carbocycles. The lowest BCUT2D eigenvalue weighted by Crippen LogP contribution is -2.25. The van der Waals surface area contributed by atoms with Gasteiger partial charge < -0.3 is 10.3 Å². The van der Waals surface area contributed by atoms with Crippen molar-refractivity contribution in [1.82, 2.24) is 9.55 Å². The Bertz CT molecular complexity index is 591. The molecule has 2 N–H and O–H groups in total. The van der Waals surface area contributed by atoms with Crippen molar-refractivity contribution < 1.29 is 4.79 Å². The van der Waals surface area contributed by atoms with E-state index in [9.17, 15) is 4.79 Å². The molecule has 0 spiro atoms. The highest BCUT2D eigenvalue weighted by atomic mass is 35.5. The van der Waals surface area contributed by atoms with Gasteiger partial charge in [-0.2, -0.15) is 0 Å². The number of fused-ring (bicyclic) bond motifs is 1. The summed E-state index contributed by atoms with van der Waals surface area (Å²) >= 11 is 5.78. The van der Waals surface area contributed by atoms with Crippen molar-refractivity contribution in [3.8, 4) is 0 Å². The quantitative estimate of drug-likeness (QED) is 0.862. The number of imidazole rings is 1. The van der Waals surface area contributed by atoms with E-state index in [1.165, 1.54) is 0 Å². The lowest BCUT2D eigenvalue weighted by Gasteiger charge is -2.14. The van der Waals surface area contributed by atoms with E-state index in [2.05, 4.69) is 4.98 Å². The third kappa shape index (κ3) is 2.20. The molecule has 0 bridgehead atoms. The Morgan fingerprint density at radius 1 is 1.56 bits per heavy atom. The first-order chi connectivity index (χ1) is 8.54. The van der Waals surface area contributed by atoms with Gasteiger partial charge in [-0.15, -0.1) is 11.6 Å². The van der Waals surface area contributed by atoms with E-state index in [1.54, 1.807) is 6.92 Å². The summed E-state index contributed by atoms with van der Waals surface area (Å²) < 4.78 is 1.88. The van der Waals surface area contributed by atoms with Gasteiger partial charge in [0.05, 0.1) is 11.0 Å². The number of hydrogen-bond donors (Lipinski definition) is 1. The minimum atomic E-state index is -0.421. The van der Waals surface area contributed by atoms with Crippen LogP contribution >= 0.6 is 11.6 Å². The van der Waals surface area contributed by atoms with E-state index in [-0.39, 0.29) is 5.91 Å². The average Bonchev–Trinajstić information content (AvgIpc) is 2.66. The van der Waals surface area contributed by atoms with Crippen LogP contribution < -0.4 is 5.73 Å². The van der Waals surface area contributed by atoms with Crippen LogP contribution in [-0.2, 0) is 11.2 Å². The summed E-state index contributed by atoms with van der Waals surface area (Å²) in [5.74, 6) is 0.900. The highest BCUT2D eigenvalue weighted by Crippen LogP contribution is 2.22. The highest BCUT2D eigenvalue weighted by molar-refractivity contribution is 6.17. The van der Waals surface area contributed by atoms with Crippen LogP contribution in [0.25, 0.3) is 11.0 Å². The Morgan fingerprint density at radius 2 is 2.28 bits per heavy atom. The summed E-state index contributed by atoms with van der Waals surface area (Å²) in [6, 6.07) is 5.54. The van der Waals surface area contributed by atoms with Crippen molar-refractivity contribution in [2.75, 3.05) is 5.88 Å². The van der Waals surface area contributed by atoms with Crippen LogP contribution in [-0.4, -0.2) is 21.3 Å². The van der Waals surface area contributed by atoms with Crippen molar-refractivity contribution in [1.29, 1.82) is 0 Å². The molecule has 0 fully saturated rings. The molecule has 0 radical (unpaired) electrons. The van der Waals surface area contributed by atoms with Gasteiger partial charge in [0.2, 0.25) is 5.91 Å². The van der Waals surface area contributed by atoms with Crippen molar-refractivity contribution >= 4 is 28.5 Å². The zero-order valence-electron chi connectivity index (χ0n) is 10.5. The van der Waals surface area contributed by atoms with Gasteiger partial charge in [-0.25, -0.2) is 4.98 Å². The second-order valence-corrected chi connectivity index (χ2v) is 4.79. The molecule has 1 aromatic heterocycles. The van der Waals surface area contributed by atoms with Gasteiger partial charge in [0.1, 0.15) is 11.9 Å².